The van der Waals surface area contributed by atoms with Crippen LogP contribution >= 0.6 is 11.3 Å². The number of hydrogen-bond donors (Lipinski definition) is 7. The molecule has 5 aromatic carbocycles. The molecule has 1 aliphatic carbocycles. The first-order chi connectivity index (χ1) is 48.3. The Labute approximate surface area is 581 Å². The quantitative estimate of drug-likeness (QED) is 0.0231. The second kappa shape index (κ2) is 30.1. The number of ether oxygens (including phenoxy) is 5. The van der Waals surface area contributed by atoms with Gasteiger partial charge in [-0.2, -0.15) is 11.3 Å². The van der Waals surface area contributed by atoms with Crippen LogP contribution in [0.5, 0.6) is 23.0 Å². The van der Waals surface area contributed by atoms with Crippen LogP contribution in [0.3, 0.4) is 0 Å². The molecule has 1 saturated carbocycles. The molecule has 520 valence electrons. The van der Waals surface area contributed by atoms with Gasteiger partial charge in [0.2, 0.25) is 35.4 Å². The van der Waals surface area contributed by atoms with Crippen molar-refractivity contribution in [3.05, 3.63) is 159 Å². The molecule has 6 aromatic rings. The Kier molecular flexibility index (Phi) is 20.7. The van der Waals surface area contributed by atoms with Crippen molar-refractivity contribution in [1.82, 2.24) is 31.1 Å². The lowest BCUT2D eigenvalue weighted by Crippen LogP contribution is -2.55. The van der Waals surface area contributed by atoms with Crippen LogP contribution < -0.4 is 60.6 Å². The van der Waals surface area contributed by atoms with E-state index in [1.807, 2.05) is 54.0 Å². The summed E-state index contributed by atoms with van der Waals surface area (Å²) < 4.78 is 29.8. The highest BCUT2D eigenvalue weighted by Crippen LogP contribution is 2.57. The number of para-hydroxylation sites is 1. The summed E-state index contributed by atoms with van der Waals surface area (Å²) in [5.41, 5.74) is 7.18. The Morgan fingerprint density at radius 1 is 0.740 bits per heavy atom. The molecule has 0 bridgehead atoms. The van der Waals surface area contributed by atoms with Crippen LogP contribution in [0.1, 0.15) is 114 Å². The van der Waals surface area contributed by atoms with Crippen LogP contribution in [-0.2, 0) is 46.7 Å². The van der Waals surface area contributed by atoms with Gasteiger partial charge in [0.05, 0.1) is 87.3 Å². The minimum atomic E-state index is -1.49. The van der Waals surface area contributed by atoms with Crippen molar-refractivity contribution >= 4 is 93.0 Å². The highest BCUT2D eigenvalue weighted by molar-refractivity contribution is 7.08. The molecule has 6 heterocycles. The van der Waals surface area contributed by atoms with Gasteiger partial charge < -0.3 is 75.4 Å². The molecule has 5 aliphatic heterocycles. The number of benzene rings is 5. The average molecular weight is 1380 g/mol. The zero-order valence-corrected chi connectivity index (χ0v) is 56.8. The predicted molar refractivity (Wildman–Crippen MR) is 371 cm³/mol. The van der Waals surface area contributed by atoms with Gasteiger partial charge in [-0.25, -0.2) is 9.69 Å². The Hall–Kier alpha value is -10.9. The number of aliphatic hydroxyl groups excluding tert-OH is 1. The van der Waals surface area contributed by atoms with Crippen molar-refractivity contribution in [2.45, 2.75) is 109 Å². The Morgan fingerprint density at radius 3 is 2.15 bits per heavy atom. The first-order valence-corrected chi connectivity index (χ1v) is 34.2. The van der Waals surface area contributed by atoms with E-state index in [-0.39, 0.29) is 91.1 Å². The number of amides is 9. The summed E-state index contributed by atoms with van der Waals surface area (Å²) in [6, 6.07) is 26.7. The fraction of sp³-hybridized carbons (Fsp3) is 0.365. The van der Waals surface area contributed by atoms with E-state index in [1.54, 1.807) is 82.3 Å². The van der Waals surface area contributed by atoms with Crippen molar-refractivity contribution in [3.63, 3.8) is 0 Å². The fourth-order valence-electron chi connectivity index (χ4n) is 13.0. The number of nitrogens with one attached hydrogen (secondary N) is 6. The molecule has 25 nitrogen and oxygen atoms in total. The number of methoxy groups -OCH3 is 2. The number of carbonyl (C=O) groups excluding carboxylic acids is 9. The largest absolute Gasteiger partial charge is 0.493 e. The van der Waals surface area contributed by atoms with Gasteiger partial charge in [0.25, 0.3) is 11.8 Å². The summed E-state index contributed by atoms with van der Waals surface area (Å²) in [7, 11) is 2.95. The first-order valence-electron chi connectivity index (χ1n) is 33.2. The highest BCUT2D eigenvalue weighted by atomic mass is 32.1. The molecule has 0 radical (unpaired) electrons. The number of thiophene rings is 1. The summed E-state index contributed by atoms with van der Waals surface area (Å²) in [5, 5.41) is 32.6. The molecule has 1 saturated heterocycles. The number of aliphatic hydroxyl groups is 1. The maximum Gasteiger partial charge on any atom is 0.416 e. The lowest BCUT2D eigenvalue weighted by Gasteiger charge is -2.31. The maximum atomic E-state index is 14.5. The van der Waals surface area contributed by atoms with Crippen molar-refractivity contribution in [2.24, 2.45) is 11.3 Å². The predicted octanol–water partition coefficient (Wildman–Crippen LogP) is 7.31. The van der Waals surface area contributed by atoms with Gasteiger partial charge in [0.15, 0.2) is 29.2 Å². The molecule has 1 aromatic heterocycles. The molecule has 1 spiro atoms. The monoisotopic (exact) mass is 1380 g/mol. The van der Waals surface area contributed by atoms with Gasteiger partial charge in [0.1, 0.15) is 18.7 Å². The van der Waals surface area contributed by atoms with E-state index in [9.17, 15) is 48.3 Å². The van der Waals surface area contributed by atoms with Crippen molar-refractivity contribution in [2.75, 3.05) is 74.0 Å². The first kappa shape index (κ1) is 69.0. The van der Waals surface area contributed by atoms with E-state index in [4.69, 9.17) is 23.7 Å². The number of hydrogen-bond acceptors (Lipinski definition) is 17. The van der Waals surface area contributed by atoms with Crippen LogP contribution in [-0.4, -0.2) is 152 Å². The molecule has 5 atom stereocenters. The molecule has 26 heteroatoms. The molecule has 12 rings (SSSR count). The summed E-state index contributed by atoms with van der Waals surface area (Å²) in [4.78, 5) is 128. The Morgan fingerprint density at radius 2 is 1.43 bits per heavy atom. The molecule has 9 amide bonds. The average Bonchev–Trinajstić information content (AvgIpc) is 1.57. The smallest absolute Gasteiger partial charge is 0.416 e. The molecular formula is C74H78N10O15S. The molecule has 2 fully saturated rings. The van der Waals surface area contributed by atoms with Gasteiger partial charge in [0, 0.05) is 67.5 Å². The molecule has 1 unspecified atom stereocenters. The van der Waals surface area contributed by atoms with Gasteiger partial charge in [-0.1, -0.05) is 68.2 Å². The Bertz CT molecular complexity index is 4280. The lowest BCUT2D eigenvalue weighted by molar-refractivity contribution is -0.132. The standard InChI is InChI=1S/C74H78N10O15S/c1-43(2)67(80-65(87)37-77-64(86)36-76-63(85)21-22-66(88)82-38-48-13-7-6-11-46(48)17-18-47-12-8-9-14-56(47)82)69(90)78-44(3)68(89)79-51-19-15-45(16-20-51)40-99-73(94)84-57-33-62(60(96-5)31-54(57)71(92)83-42-74(24-25-74)34-58(83)72(84)93)98-27-10-26-97-61-32-55-53(30-59(61)95-4)70(91)81-39-50(29-52(81)35-75-55)49-23-28-100-41-49/h6-9,11-16,19-20,23,28,30-33,39,41,43-44,52,58,67,72,75,93H,10,21-22,24-27,29,34-38,40,42H2,1-5H3,(H,76,85)(H,77,86)(H,78,90)(H,79,89)(H,80,87)/t44-,52-,58-,67-,72?/m0/s1. The zero-order valence-electron chi connectivity index (χ0n) is 56.0. The maximum absolute atomic E-state index is 14.5. The third-order valence-electron chi connectivity index (χ3n) is 18.7. The minimum Gasteiger partial charge on any atom is -0.493 e. The number of rotatable bonds is 24. The summed E-state index contributed by atoms with van der Waals surface area (Å²) in [6.45, 7) is 5.10. The lowest BCUT2D eigenvalue weighted by atomic mass is 10.0. The van der Waals surface area contributed by atoms with Crippen LogP contribution in [0, 0.1) is 23.2 Å². The second-order valence-corrected chi connectivity index (χ2v) is 26.7. The summed E-state index contributed by atoms with van der Waals surface area (Å²) >= 11 is 1.62. The van der Waals surface area contributed by atoms with Crippen LogP contribution in [0.25, 0.3) is 5.57 Å². The highest BCUT2D eigenvalue weighted by Gasteiger charge is 2.58. The zero-order chi connectivity index (χ0) is 70.4. The van der Waals surface area contributed by atoms with Gasteiger partial charge in [-0.15, -0.1) is 0 Å². The number of anilines is 4. The molecule has 100 heavy (non-hydrogen) atoms. The third kappa shape index (κ3) is 15.3. The number of fused-ring (bicyclic) bond motifs is 6. The van der Waals surface area contributed by atoms with Gasteiger partial charge in [-0.3, -0.25) is 38.4 Å². The summed E-state index contributed by atoms with van der Waals surface area (Å²) in [6.07, 6.45) is 2.52. The normalized spacial score (nSPS) is 17.9. The number of nitrogens with zero attached hydrogens (tertiary/aromatic N) is 4. The second-order valence-electron chi connectivity index (χ2n) is 25.9. The Balaban J connectivity index is 0.604. The van der Waals surface area contributed by atoms with E-state index in [1.165, 1.54) is 33.3 Å². The van der Waals surface area contributed by atoms with Gasteiger partial charge in [-0.05, 0) is 125 Å². The van der Waals surface area contributed by atoms with Crippen molar-refractivity contribution in [1.29, 1.82) is 0 Å². The fourth-order valence-corrected chi connectivity index (χ4v) is 13.7. The topological polar surface area (TPSA) is 305 Å². The number of carbonyl (C=O) groups is 9. The SMILES string of the molecule is COc1cc2c(cc1OCCCOc1cc3c(cc1OC)C(=O)N1CC4(CC4)C[C@H]1C(O)N3C(=O)OCc1ccc(NC(=O)[C@H](C)NC(=O)[C@@H](NC(=O)CNC(=O)CNC(=O)CCC(=O)N3Cc4ccccc4C#Cc4ccccc43)C(C)C)cc1)NC[C@@H]1CC(c3ccsc3)=CN1C2=O. The molecular weight excluding hydrogens is 1300 g/mol. The van der Waals surface area contributed by atoms with Crippen LogP contribution in [0.4, 0.5) is 27.5 Å². The van der Waals surface area contributed by atoms with Crippen LogP contribution in [0.2, 0.25) is 0 Å². The van der Waals surface area contributed by atoms with E-state index in [0.29, 0.717) is 71.2 Å². The third-order valence-corrected chi connectivity index (χ3v) is 19.4. The van der Waals surface area contributed by atoms with Gasteiger partial charge >= 0.3 is 6.09 Å². The van der Waals surface area contributed by atoms with E-state index >= 15 is 0 Å². The van der Waals surface area contributed by atoms with Crippen molar-refractivity contribution < 1.29 is 71.9 Å². The van der Waals surface area contributed by atoms with E-state index < -0.39 is 79.0 Å². The van der Waals surface area contributed by atoms with E-state index in [2.05, 4.69) is 55.2 Å². The molecule has 7 N–H and O–H groups in total. The van der Waals surface area contributed by atoms with E-state index in [0.717, 1.165) is 46.4 Å². The van der Waals surface area contributed by atoms with Crippen molar-refractivity contribution in [3.8, 4) is 34.8 Å². The van der Waals surface area contributed by atoms with Crippen LogP contribution in [0.15, 0.2) is 120 Å². The minimum absolute atomic E-state index is 0.0542. The molecule has 6 aliphatic rings. The summed E-state index contributed by atoms with van der Waals surface area (Å²) in [5.74, 6) is 3.11.